The molecule has 8 heteroatoms. The number of hydrogen-bond donors (Lipinski definition) is 2. The summed E-state index contributed by atoms with van der Waals surface area (Å²) in [4.78, 5) is 31.3. The lowest BCUT2D eigenvalue weighted by Crippen LogP contribution is -2.17. The lowest BCUT2D eigenvalue weighted by Gasteiger charge is -2.10. The molecule has 0 atom stereocenters. The van der Waals surface area contributed by atoms with Crippen LogP contribution >= 0.6 is 11.8 Å². The van der Waals surface area contributed by atoms with Crippen LogP contribution < -0.4 is 20.3 Å². The highest BCUT2D eigenvalue weighted by molar-refractivity contribution is 7.99. The van der Waals surface area contributed by atoms with E-state index in [1.165, 1.54) is 11.8 Å². The standard InChI is InChI=1S/C17H19N3O4S/c1-23-11-6-10(7-12(8-11)24-2)18-15(21)9-25-17-19-14-5-3-4-13(14)16(22)20-17/h6-8H,3-5,9H2,1-2H3,(H,18,21)(H,19,20,22). The molecule has 1 heterocycles. The Morgan fingerprint density at radius 1 is 1.24 bits per heavy atom. The van der Waals surface area contributed by atoms with Crippen molar-refractivity contribution in [1.82, 2.24) is 9.97 Å². The number of nitrogens with zero attached hydrogens (tertiary/aromatic N) is 1. The number of anilines is 1. The number of hydrogen-bond acceptors (Lipinski definition) is 6. The average molecular weight is 361 g/mol. The Bertz CT molecular complexity index is 828. The largest absolute Gasteiger partial charge is 0.497 e. The van der Waals surface area contributed by atoms with Crippen LogP contribution in [-0.4, -0.2) is 35.8 Å². The maximum absolute atomic E-state index is 12.2. The van der Waals surface area contributed by atoms with Gasteiger partial charge < -0.3 is 19.8 Å². The molecule has 7 nitrogen and oxygen atoms in total. The summed E-state index contributed by atoms with van der Waals surface area (Å²) in [5, 5.41) is 3.26. The zero-order valence-corrected chi connectivity index (χ0v) is 14.9. The molecule has 3 rings (SSSR count). The summed E-state index contributed by atoms with van der Waals surface area (Å²) in [6, 6.07) is 5.14. The van der Waals surface area contributed by atoms with Gasteiger partial charge >= 0.3 is 0 Å². The molecule has 1 aliphatic carbocycles. The second kappa shape index (κ2) is 7.60. The molecule has 1 aromatic carbocycles. The van der Waals surface area contributed by atoms with Gasteiger partial charge in [0.2, 0.25) is 5.91 Å². The van der Waals surface area contributed by atoms with E-state index in [0.717, 1.165) is 30.5 Å². The molecule has 132 valence electrons. The molecule has 0 fully saturated rings. The topological polar surface area (TPSA) is 93.3 Å². The molecule has 1 amide bonds. The van der Waals surface area contributed by atoms with Crippen molar-refractivity contribution in [2.75, 3.05) is 25.3 Å². The predicted octanol–water partition coefficient (Wildman–Crippen LogP) is 2.01. The molecular formula is C17H19N3O4S. The summed E-state index contributed by atoms with van der Waals surface area (Å²) in [5.74, 6) is 1.11. The molecule has 0 unspecified atom stereocenters. The SMILES string of the molecule is COc1cc(NC(=O)CSc2nc3c(c(=O)[nH]2)CCC3)cc(OC)c1. The number of nitrogens with one attached hydrogen (secondary N) is 2. The van der Waals surface area contributed by atoms with Gasteiger partial charge in [0.1, 0.15) is 11.5 Å². The van der Waals surface area contributed by atoms with E-state index in [2.05, 4.69) is 15.3 Å². The Labute approximate surface area is 149 Å². The molecular weight excluding hydrogens is 342 g/mol. The van der Waals surface area contributed by atoms with Crippen LogP contribution in [0, 0.1) is 0 Å². The first-order valence-electron chi connectivity index (χ1n) is 7.87. The third-order valence-corrected chi connectivity index (χ3v) is 4.77. The van der Waals surface area contributed by atoms with Gasteiger partial charge in [0.15, 0.2) is 5.16 Å². The zero-order chi connectivity index (χ0) is 17.8. The van der Waals surface area contributed by atoms with E-state index < -0.39 is 0 Å². The van der Waals surface area contributed by atoms with Gasteiger partial charge in [-0.05, 0) is 19.3 Å². The maximum atomic E-state index is 12.2. The fraction of sp³-hybridized carbons (Fsp3) is 0.353. The average Bonchev–Trinajstić information content (AvgIpc) is 3.08. The minimum absolute atomic E-state index is 0.0945. The number of thioether (sulfide) groups is 1. The number of rotatable bonds is 6. The van der Waals surface area contributed by atoms with Crippen molar-refractivity contribution in [2.24, 2.45) is 0 Å². The Morgan fingerprint density at radius 2 is 1.96 bits per heavy atom. The molecule has 0 spiro atoms. The van der Waals surface area contributed by atoms with Gasteiger partial charge in [-0.2, -0.15) is 0 Å². The molecule has 0 aliphatic heterocycles. The number of methoxy groups -OCH3 is 2. The van der Waals surface area contributed by atoms with Crippen molar-refractivity contribution >= 4 is 23.4 Å². The zero-order valence-electron chi connectivity index (χ0n) is 14.0. The number of carbonyl (C=O) groups is 1. The van der Waals surface area contributed by atoms with Crippen molar-refractivity contribution < 1.29 is 14.3 Å². The first-order chi connectivity index (χ1) is 12.1. The number of aromatic amines is 1. The molecule has 0 saturated carbocycles. The highest BCUT2D eigenvalue weighted by Crippen LogP contribution is 2.26. The second-order valence-corrected chi connectivity index (χ2v) is 6.55. The molecule has 25 heavy (non-hydrogen) atoms. The fourth-order valence-electron chi connectivity index (χ4n) is 2.70. The van der Waals surface area contributed by atoms with Crippen LogP contribution in [0.15, 0.2) is 28.2 Å². The number of amides is 1. The van der Waals surface area contributed by atoms with Crippen LogP contribution in [0.25, 0.3) is 0 Å². The van der Waals surface area contributed by atoms with Gasteiger partial charge in [-0.15, -0.1) is 0 Å². The van der Waals surface area contributed by atoms with Gasteiger partial charge in [-0.25, -0.2) is 4.98 Å². The molecule has 0 bridgehead atoms. The van der Waals surface area contributed by atoms with E-state index in [1.807, 2.05) is 0 Å². The van der Waals surface area contributed by atoms with Crippen molar-refractivity contribution in [3.05, 3.63) is 39.8 Å². The quantitative estimate of drug-likeness (QED) is 0.604. The van der Waals surface area contributed by atoms with Crippen molar-refractivity contribution in [2.45, 2.75) is 24.4 Å². The fourth-order valence-corrected chi connectivity index (χ4v) is 3.38. The molecule has 2 N–H and O–H groups in total. The monoisotopic (exact) mass is 361 g/mol. The molecule has 0 saturated heterocycles. The lowest BCUT2D eigenvalue weighted by molar-refractivity contribution is -0.113. The molecule has 1 aromatic heterocycles. The van der Waals surface area contributed by atoms with Crippen molar-refractivity contribution in [3.8, 4) is 11.5 Å². The number of aromatic nitrogens is 2. The summed E-state index contributed by atoms with van der Waals surface area (Å²) < 4.78 is 10.4. The van der Waals surface area contributed by atoms with Gasteiger partial charge in [0.25, 0.3) is 5.56 Å². The van der Waals surface area contributed by atoms with Crippen LogP contribution in [0.4, 0.5) is 5.69 Å². The number of aryl methyl sites for hydroxylation is 1. The number of H-pyrrole nitrogens is 1. The van der Waals surface area contributed by atoms with E-state index in [0.29, 0.717) is 22.3 Å². The number of ether oxygens (including phenoxy) is 2. The third kappa shape index (κ3) is 4.14. The maximum Gasteiger partial charge on any atom is 0.254 e. The first-order valence-corrected chi connectivity index (χ1v) is 8.85. The smallest absolute Gasteiger partial charge is 0.254 e. The van der Waals surface area contributed by atoms with Crippen LogP contribution in [0.2, 0.25) is 0 Å². The van der Waals surface area contributed by atoms with Gasteiger partial charge in [-0.1, -0.05) is 11.8 Å². The summed E-state index contributed by atoms with van der Waals surface area (Å²) in [7, 11) is 3.10. The summed E-state index contributed by atoms with van der Waals surface area (Å²) in [6.45, 7) is 0. The van der Waals surface area contributed by atoms with Crippen LogP contribution in [0.1, 0.15) is 17.7 Å². The van der Waals surface area contributed by atoms with Gasteiger partial charge in [0, 0.05) is 29.4 Å². The Kier molecular flexibility index (Phi) is 5.28. The normalized spacial score (nSPS) is 12.6. The Morgan fingerprint density at radius 3 is 2.64 bits per heavy atom. The Hall–Kier alpha value is -2.48. The third-order valence-electron chi connectivity index (χ3n) is 3.89. The highest BCUT2D eigenvalue weighted by Gasteiger charge is 2.17. The molecule has 2 aromatic rings. The van der Waals surface area contributed by atoms with E-state index in [9.17, 15) is 9.59 Å². The van der Waals surface area contributed by atoms with Crippen LogP contribution in [0.3, 0.4) is 0 Å². The molecule has 1 aliphatic rings. The van der Waals surface area contributed by atoms with E-state index in [1.54, 1.807) is 32.4 Å². The van der Waals surface area contributed by atoms with E-state index in [-0.39, 0.29) is 17.2 Å². The van der Waals surface area contributed by atoms with E-state index in [4.69, 9.17) is 9.47 Å². The first kappa shape index (κ1) is 17.3. The number of fused-ring (bicyclic) bond motifs is 1. The van der Waals surface area contributed by atoms with Gasteiger partial charge in [-0.3, -0.25) is 9.59 Å². The van der Waals surface area contributed by atoms with Crippen molar-refractivity contribution in [3.63, 3.8) is 0 Å². The summed E-state index contributed by atoms with van der Waals surface area (Å²) >= 11 is 1.21. The molecule has 0 radical (unpaired) electrons. The lowest BCUT2D eigenvalue weighted by atomic mass is 10.2. The summed E-state index contributed by atoms with van der Waals surface area (Å²) in [6.07, 6.45) is 2.56. The number of benzene rings is 1. The van der Waals surface area contributed by atoms with Crippen molar-refractivity contribution in [1.29, 1.82) is 0 Å². The Balaban J connectivity index is 1.64. The minimum Gasteiger partial charge on any atom is -0.497 e. The van der Waals surface area contributed by atoms with Crippen LogP contribution in [-0.2, 0) is 17.6 Å². The predicted molar refractivity (Wildman–Crippen MR) is 95.8 cm³/mol. The highest BCUT2D eigenvalue weighted by atomic mass is 32.2. The number of carbonyl (C=O) groups excluding carboxylic acids is 1. The van der Waals surface area contributed by atoms with E-state index >= 15 is 0 Å². The second-order valence-electron chi connectivity index (χ2n) is 5.59. The van der Waals surface area contributed by atoms with Gasteiger partial charge in [0.05, 0.1) is 25.7 Å². The minimum atomic E-state index is -0.205. The summed E-state index contributed by atoms with van der Waals surface area (Å²) in [5.41, 5.74) is 2.11. The van der Waals surface area contributed by atoms with Crippen LogP contribution in [0.5, 0.6) is 11.5 Å².